The van der Waals surface area contributed by atoms with Gasteiger partial charge in [-0.05, 0) is 59.7 Å². The molecule has 1 saturated carbocycles. The third-order valence-electron chi connectivity index (χ3n) is 4.88. The van der Waals surface area contributed by atoms with Gasteiger partial charge in [0, 0.05) is 12.5 Å². The molecule has 2 aromatic rings. The number of hydrogen-bond donors (Lipinski definition) is 1. The number of aryl methyl sites for hydroxylation is 1. The third-order valence-corrected chi connectivity index (χ3v) is 4.88. The highest BCUT2D eigenvalue weighted by molar-refractivity contribution is 5.88. The molecule has 3 heteroatoms. The first-order valence-corrected chi connectivity index (χ1v) is 8.58. The van der Waals surface area contributed by atoms with Crippen molar-refractivity contribution < 1.29 is 9.53 Å². The molecule has 0 unspecified atom stereocenters. The van der Waals surface area contributed by atoms with E-state index in [9.17, 15) is 4.79 Å². The molecule has 0 aliphatic heterocycles. The van der Waals surface area contributed by atoms with Crippen LogP contribution in [-0.2, 0) is 17.6 Å². The normalized spacial score (nSPS) is 14.5. The molecule has 122 valence electrons. The smallest absolute Gasteiger partial charge is 0.223 e. The predicted octanol–water partition coefficient (Wildman–Crippen LogP) is 3.87. The first kappa shape index (κ1) is 15.9. The first-order valence-electron chi connectivity index (χ1n) is 8.58. The van der Waals surface area contributed by atoms with Crippen molar-refractivity contribution in [2.45, 2.75) is 39.0 Å². The van der Waals surface area contributed by atoms with Gasteiger partial charge in [-0.2, -0.15) is 0 Å². The highest BCUT2D eigenvalue weighted by Gasteiger charge is 2.24. The first-order chi connectivity index (χ1) is 11.2. The Kier molecular flexibility index (Phi) is 4.85. The molecule has 0 spiro atoms. The molecule has 0 atom stereocenters. The molecule has 1 aliphatic carbocycles. The van der Waals surface area contributed by atoms with Gasteiger partial charge in [-0.15, -0.1) is 0 Å². The van der Waals surface area contributed by atoms with E-state index in [4.69, 9.17) is 4.74 Å². The summed E-state index contributed by atoms with van der Waals surface area (Å²) in [4.78, 5) is 12.0. The van der Waals surface area contributed by atoms with Crippen LogP contribution in [0.5, 0.6) is 5.75 Å². The Morgan fingerprint density at radius 2 is 2.09 bits per heavy atom. The number of methoxy groups -OCH3 is 1. The SMILES string of the molecule is CCc1cc(CCNC(=O)C2CCC2)c2cc(OC)ccc2c1. The van der Waals surface area contributed by atoms with E-state index in [1.54, 1.807) is 7.11 Å². The summed E-state index contributed by atoms with van der Waals surface area (Å²) in [6.45, 7) is 2.88. The second-order valence-electron chi connectivity index (χ2n) is 6.36. The standard InChI is InChI=1S/C20H25NO2/c1-3-14-11-16-7-8-18(23-2)13-19(16)17(12-14)9-10-21-20(22)15-5-4-6-15/h7-8,11-13,15H,3-6,9-10H2,1-2H3,(H,21,22). The molecule has 1 amide bonds. The quantitative estimate of drug-likeness (QED) is 0.879. The van der Waals surface area contributed by atoms with Crippen LogP contribution in [0.3, 0.4) is 0 Å². The van der Waals surface area contributed by atoms with E-state index in [1.807, 2.05) is 6.07 Å². The average Bonchev–Trinajstić information content (AvgIpc) is 2.52. The zero-order valence-electron chi connectivity index (χ0n) is 14.0. The van der Waals surface area contributed by atoms with Crippen molar-refractivity contribution in [3.05, 3.63) is 41.5 Å². The lowest BCUT2D eigenvalue weighted by molar-refractivity contribution is -0.127. The maximum absolute atomic E-state index is 12.0. The number of amides is 1. The van der Waals surface area contributed by atoms with Crippen LogP contribution in [0.4, 0.5) is 0 Å². The zero-order valence-corrected chi connectivity index (χ0v) is 14.0. The minimum Gasteiger partial charge on any atom is -0.497 e. The highest BCUT2D eigenvalue weighted by Crippen LogP contribution is 2.27. The number of carbonyl (C=O) groups is 1. The molecule has 2 aromatic carbocycles. The van der Waals surface area contributed by atoms with Crippen LogP contribution in [0.25, 0.3) is 10.8 Å². The molecule has 1 aliphatic rings. The van der Waals surface area contributed by atoms with Gasteiger partial charge in [-0.3, -0.25) is 4.79 Å². The molecule has 1 N–H and O–H groups in total. The fraction of sp³-hybridized carbons (Fsp3) is 0.450. The van der Waals surface area contributed by atoms with Crippen LogP contribution < -0.4 is 10.1 Å². The maximum atomic E-state index is 12.0. The summed E-state index contributed by atoms with van der Waals surface area (Å²) < 4.78 is 5.36. The number of hydrogen-bond acceptors (Lipinski definition) is 2. The Labute approximate surface area is 138 Å². The van der Waals surface area contributed by atoms with E-state index in [1.165, 1.54) is 28.3 Å². The third kappa shape index (κ3) is 3.49. The predicted molar refractivity (Wildman–Crippen MR) is 93.9 cm³/mol. The molecule has 1 fully saturated rings. The Balaban J connectivity index is 1.78. The van der Waals surface area contributed by atoms with Crippen molar-refractivity contribution in [1.82, 2.24) is 5.32 Å². The second kappa shape index (κ2) is 7.03. The molecule has 3 rings (SSSR count). The summed E-state index contributed by atoms with van der Waals surface area (Å²) in [7, 11) is 1.69. The van der Waals surface area contributed by atoms with Crippen molar-refractivity contribution in [3.63, 3.8) is 0 Å². The number of fused-ring (bicyclic) bond motifs is 1. The minimum atomic E-state index is 0.227. The van der Waals surface area contributed by atoms with E-state index < -0.39 is 0 Å². The van der Waals surface area contributed by atoms with Crippen molar-refractivity contribution in [2.24, 2.45) is 5.92 Å². The van der Waals surface area contributed by atoms with Crippen molar-refractivity contribution >= 4 is 16.7 Å². The highest BCUT2D eigenvalue weighted by atomic mass is 16.5. The van der Waals surface area contributed by atoms with Gasteiger partial charge in [0.05, 0.1) is 7.11 Å². The zero-order chi connectivity index (χ0) is 16.2. The number of benzene rings is 2. The topological polar surface area (TPSA) is 38.3 Å². The van der Waals surface area contributed by atoms with E-state index in [2.05, 4.69) is 36.5 Å². The number of carbonyl (C=O) groups excluding carboxylic acids is 1. The van der Waals surface area contributed by atoms with Crippen molar-refractivity contribution in [2.75, 3.05) is 13.7 Å². The molecule has 0 bridgehead atoms. The lowest BCUT2D eigenvalue weighted by atomic mass is 9.85. The van der Waals surface area contributed by atoms with Gasteiger partial charge in [0.25, 0.3) is 0 Å². The Bertz CT molecular complexity index is 704. The molecule has 0 saturated heterocycles. The summed E-state index contributed by atoms with van der Waals surface area (Å²) in [5.74, 6) is 1.36. The van der Waals surface area contributed by atoms with E-state index in [0.29, 0.717) is 6.54 Å². The van der Waals surface area contributed by atoms with Gasteiger partial charge < -0.3 is 10.1 Å². The average molecular weight is 311 g/mol. The van der Waals surface area contributed by atoms with E-state index in [-0.39, 0.29) is 11.8 Å². The molecule has 3 nitrogen and oxygen atoms in total. The van der Waals surface area contributed by atoms with Gasteiger partial charge in [0.15, 0.2) is 0 Å². The van der Waals surface area contributed by atoms with Crippen LogP contribution in [0, 0.1) is 5.92 Å². The van der Waals surface area contributed by atoms with Gasteiger partial charge in [-0.1, -0.05) is 31.5 Å². The summed E-state index contributed by atoms with van der Waals surface area (Å²) in [5.41, 5.74) is 2.62. The molecule has 0 radical (unpaired) electrons. The van der Waals surface area contributed by atoms with Crippen LogP contribution in [0.15, 0.2) is 30.3 Å². The number of ether oxygens (including phenoxy) is 1. The number of rotatable bonds is 6. The second-order valence-corrected chi connectivity index (χ2v) is 6.36. The van der Waals surface area contributed by atoms with Gasteiger partial charge in [0.2, 0.25) is 5.91 Å². The van der Waals surface area contributed by atoms with Gasteiger partial charge in [0.1, 0.15) is 5.75 Å². The minimum absolute atomic E-state index is 0.227. The van der Waals surface area contributed by atoms with Crippen LogP contribution in [-0.4, -0.2) is 19.6 Å². The van der Waals surface area contributed by atoms with Crippen LogP contribution in [0.1, 0.15) is 37.3 Å². The molecular weight excluding hydrogens is 286 g/mol. The summed E-state index contributed by atoms with van der Waals surface area (Å²) in [6, 6.07) is 10.7. The lowest BCUT2D eigenvalue weighted by Crippen LogP contribution is -2.35. The van der Waals surface area contributed by atoms with E-state index in [0.717, 1.165) is 31.4 Å². The van der Waals surface area contributed by atoms with Crippen LogP contribution in [0.2, 0.25) is 0 Å². The Hall–Kier alpha value is -2.03. The summed E-state index contributed by atoms with van der Waals surface area (Å²) in [5, 5.41) is 5.56. The molecule has 23 heavy (non-hydrogen) atoms. The molecule has 0 aromatic heterocycles. The fourth-order valence-corrected chi connectivity index (χ4v) is 3.16. The lowest BCUT2D eigenvalue weighted by Gasteiger charge is -2.24. The Morgan fingerprint density at radius 1 is 1.26 bits per heavy atom. The fourth-order valence-electron chi connectivity index (χ4n) is 3.16. The number of nitrogens with one attached hydrogen (secondary N) is 1. The van der Waals surface area contributed by atoms with Gasteiger partial charge in [-0.25, -0.2) is 0 Å². The molecular formula is C20H25NO2. The largest absolute Gasteiger partial charge is 0.497 e. The summed E-state index contributed by atoms with van der Waals surface area (Å²) >= 11 is 0. The molecule has 0 heterocycles. The maximum Gasteiger partial charge on any atom is 0.223 e. The van der Waals surface area contributed by atoms with Crippen molar-refractivity contribution in [1.29, 1.82) is 0 Å². The van der Waals surface area contributed by atoms with Crippen LogP contribution >= 0.6 is 0 Å². The monoisotopic (exact) mass is 311 g/mol. The Morgan fingerprint density at radius 3 is 2.74 bits per heavy atom. The van der Waals surface area contributed by atoms with Gasteiger partial charge >= 0.3 is 0 Å². The summed E-state index contributed by atoms with van der Waals surface area (Å²) in [6.07, 6.45) is 5.18. The van der Waals surface area contributed by atoms with E-state index >= 15 is 0 Å². The van der Waals surface area contributed by atoms with Crippen molar-refractivity contribution in [3.8, 4) is 5.75 Å².